The lowest BCUT2D eigenvalue weighted by Gasteiger charge is -2.15. The maximum atomic E-state index is 12.0. The standard InChI is InChI=1S/C25H28Cl2O4/c1-3-29-24(25(28)30-4-2)17-19-10-8-11-23(13-12-19)31-14-7-5-6-9-20-15-21(26)18-22(27)16-20/h5-7,9-13,15-16,18,24H,3-4,8,14,17H2,1-2H3/b7-5-,9-6?. The second-order valence-corrected chi connectivity index (χ2v) is 7.53. The maximum absolute atomic E-state index is 12.0. The lowest BCUT2D eigenvalue weighted by molar-refractivity contribution is -0.156. The van der Waals surface area contributed by atoms with Gasteiger partial charge in [0.2, 0.25) is 0 Å². The van der Waals surface area contributed by atoms with Crippen LogP contribution in [0, 0.1) is 0 Å². The minimum Gasteiger partial charge on any atom is -0.490 e. The van der Waals surface area contributed by atoms with Crippen molar-refractivity contribution in [3.63, 3.8) is 0 Å². The van der Waals surface area contributed by atoms with Gasteiger partial charge in [0.1, 0.15) is 12.4 Å². The summed E-state index contributed by atoms with van der Waals surface area (Å²) < 4.78 is 16.4. The predicted octanol–water partition coefficient (Wildman–Crippen LogP) is 6.71. The van der Waals surface area contributed by atoms with Crippen molar-refractivity contribution in [3.05, 3.63) is 87.7 Å². The van der Waals surface area contributed by atoms with Gasteiger partial charge in [-0.25, -0.2) is 4.79 Å². The Morgan fingerprint density at radius 2 is 1.84 bits per heavy atom. The fourth-order valence-corrected chi connectivity index (χ4v) is 3.43. The van der Waals surface area contributed by atoms with Crippen molar-refractivity contribution in [2.45, 2.75) is 32.8 Å². The highest BCUT2D eigenvalue weighted by molar-refractivity contribution is 6.34. The van der Waals surface area contributed by atoms with E-state index in [0.717, 1.165) is 23.3 Å². The van der Waals surface area contributed by atoms with Crippen LogP contribution in [0.4, 0.5) is 0 Å². The molecule has 166 valence electrons. The lowest BCUT2D eigenvalue weighted by Crippen LogP contribution is -2.27. The average Bonchev–Trinajstić information content (AvgIpc) is 2.95. The van der Waals surface area contributed by atoms with Crippen LogP contribution in [0.15, 0.2) is 72.1 Å². The van der Waals surface area contributed by atoms with Crippen LogP contribution in [-0.4, -0.2) is 31.9 Å². The van der Waals surface area contributed by atoms with Gasteiger partial charge < -0.3 is 14.2 Å². The van der Waals surface area contributed by atoms with Crippen LogP contribution in [0.5, 0.6) is 0 Å². The van der Waals surface area contributed by atoms with Crippen molar-refractivity contribution in [2.75, 3.05) is 19.8 Å². The number of esters is 1. The molecule has 1 aliphatic rings. The molecule has 1 unspecified atom stereocenters. The van der Waals surface area contributed by atoms with Gasteiger partial charge in [0.25, 0.3) is 0 Å². The Morgan fingerprint density at radius 1 is 1.06 bits per heavy atom. The monoisotopic (exact) mass is 462 g/mol. The molecule has 4 nitrogen and oxygen atoms in total. The Balaban J connectivity index is 1.81. The van der Waals surface area contributed by atoms with E-state index in [1.54, 1.807) is 13.0 Å². The second-order valence-electron chi connectivity index (χ2n) is 6.66. The number of allylic oxidation sites excluding steroid dienone is 6. The van der Waals surface area contributed by atoms with Gasteiger partial charge in [-0.3, -0.25) is 0 Å². The fraction of sp³-hybridized carbons (Fsp3) is 0.320. The molecule has 0 spiro atoms. The van der Waals surface area contributed by atoms with Crippen LogP contribution < -0.4 is 0 Å². The molecule has 0 amide bonds. The molecule has 1 aromatic carbocycles. The molecular weight excluding hydrogens is 435 g/mol. The van der Waals surface area contributed by atoms with E-state index >= 15 is 0 Å². The maximum Gasteiger partial charge on any atom is 0.335 e. The molecule has 0 bridgehead atoms. The van der Waals surface area contributed by atoms with Gasteiger partial charge in [-0.15, -0.1) is 0 Å². The van der Waals surface area contributed by atoms with Gasteiger partial charge in [-0.1, -0.05) is 53.6 Å². The Bertz CT molecular complexity index is 861. The normalized spacial score (nSPS) is 15.0. The predicted molar refractivity (Wildman–Crippen MR) is 127 cm³/mol. The zero-order valence-electron chi connectivity index (χ0n) is 17.9. The van der Waals surface area contributed by atoms with Gasteiger partial charge in [0, 0.05) is 23.1 Å². The molecule has 0 radical (unpaired) electrons. The first-order valence-corrected chi connectivity index (χ1v) is 11.0. The van der Waals surface area contributed by atoms with Gasteiger partial charge in [0.15, 0.2) is 6.10 Å². The fourth-order valence-electron chi connectivity index (χ4n) is 2.89. The zero-order chi connectivity index (χ0) is 22.5. The molecule has 0 aromatic heterocycles. The minimum absolute atomic E-state index is 0.328. The first-order valence-electron chi connectivity index (χ1n) is 10.3. The van der Waals surface area contributed by atoms with E-state index in [0.29, 0.717) is 36.3 Å². The molecule has 0 saturated carbocycles. The van der Waals surface area contributed by atoms with Crippen LogP contribution in [0.2, 0.25) is 10.0 Å². The molecule has 0 saturated heterocycles. The third-order valence-corrected chi connectivity index (χ3v) is 4.70. The van der Waals surface area contributed by atoms with Crippen LogP contribution >= 0.6 is 23.2 Å². The number of carbonyl (C=O) groups excluding carboxylic acids is 1. The van der Waals surface area contributed by atoms with Gasteiger partial charge in [-0.2, -0.15) is 0 Å². The summed E-state index contributed by atoms with van der Waals surface area (Å²) in [7, 11) is 0. The van der Waals surface area contributed by atoms with Crippen molar-refractivity contribution in [1.29, 1.82) is 0 Å². The molecule has 0 fully saturated rings. The first-order chi connectivity index (χ1) is 15.0. The topological polar surface area (TPSA) is 44.8 Å². The second kappa shape index (κ2) is 13.9. The van der Waals surface area contributed by atoms with Crippen LogP contribution in [0.25, 0.3) is 6.08 Å². The van der Waals surface area contributed by atoms with E-state index in [4.69, 9.17) is 37.4 Å². The highest BCUT2D eigenvalue weighted by Crippen LogP contribution is 2.20. The smallest absolute Gasteiger partial charge is 0.335 e. The highest BCUT2D eigenvalue weighted by Gasteiger charge is 2.21. The Morgan fingerprint density at radius 3 is 2.55 bits per heavy atom. The van der Waals surface area contributed by atoms with Gasteiger partial charge in [-0.05, 0) is 67.8 Å². The average molecular weight is 463 g/mol. The third kappa shape index (κ3) is 9.60. The van der Waals surface area contributed by atoms with E-state index in [-0.39, 0.29) is 5.97 Å². The molecule has 0 N–H and O–H groups in total. The number of ether oxygens (including phenoxy) is 3. The van der Waals surface area contributed by atoms with Crippen LogP contribution in [-0.2, 0) is 19.0 Å². The third-order valence-electron chi connectivity index (χ3n) is 4.27. The number of halogens is 2. The van der Waals surface area contributed by atoms with E-state index < -0.39 is 6.10 Å². The number of benzene rings is 1. The summed E-state index contributed by atoms with van der Waals surface area (Å²) in [4.78, 5) is 12.0. The molecule has 6 heteroatoms. The molecule has 1 aliphatic carbocycles. The van der Waals surface area contributed by atoms with Crippen molar-refractivity contribution in [3.8, 4) is 0 Å². The summed E-state index contributed by atoms with van der Waals surface area (Å²) in [6.07, 6.45) is 16.2. The van der Waals surface area contributed by atoms with E-state index in [2.05, 4.69) is 6.08 Å². The number of hydrogen-bond donors (Lipinski definition) is 0. The molecule has 1 aromatic rings. The summed E-state index contributed by atoms with van der Waals surface area (Å²) in [5.41, 5.74) is 1.95. The van der Waals surface area contributed by atoms with Gasteiger partial charge in [0.05, 0.1) is 6.61 Å². The van der Waals surface area contributed by atoms with E-state index in [1.165, 1.54) is 0 Å². The molecule has 0 heterocycles. The van der Waals surface area contributed by atoms with Crippen molar-refractivity contribution in [1.82, 2.24) is 0 Å². The zero-order valence-corrected chi connectivity index (χ0v) is 19.4. The lowest BCUT2D eigenvalue weighted by atomic mass is 10.1. The summed E-state index contributed by atoms with van der Waals surface area (Å²) in [6, 6.07) is 5.39. The number of carbonyl (C=O) groups is 1. The summed E-state index contributed by atoms with van der Waals surface area (Å²) in [5.74, 6) is 0.455. The highest BCUT2D eigenvalue weighted by atomic mass is 35.5. The Labute approximate surface area is 194 Å². The van der Waals surface area contributed by atoms with Crippen molar-refractivity contribution in [2.24, 2.45) is 0 Å². The summed E-state index contributed by atoms with van der Waals surface area (Å²) in [6.45, 7) is 4.89. The Hall–Kier alpha value is -2.27. The largest absolute Gasteiger partial charge is 0.490 e. The van der Waals surface area contributed by atoms with E-state index in [9.17, 15) is 4.79 Å². The molecular formula is C25H28Cl2O4. The molecule has 0 aliphatic heterocycles. The summed E-state index contributed by atoms with van der Waals surface area (Å²) >= 11 is 12.0. The quantitative estimate of drug-likeness (QED) is 0.270. The van der Waals surface area contributed by atoms with Crippen LogP contribution in [0.3, 0.4) is 0 Å². The number of hydrogen-bond acceptors (Lipinski definition) is 4. The van der Waals surface area contributed by atoms with Crippen molar-refractivity contribution >= 4 is 35.2 Å². The summed E-state index contributed by atoms with van der Waals surface area (Å²) in [5, 5.41) is 1.21. The van der Waals surface area contributed by atoms with E-state index in [1.807, 2.05) is 61.6 Å². The first kappa shape index (κ1) is 25.0. The Kier molecular flexibility index (Phi) is 11.2. The molecule has 31 heavy (non-hydrogen) atoms. The molecule has 2 rings (SSSR count). The number of rotatable bonds is 11. The SMILES string of the molecule is CCOC(=O)C(CC1=CCC=C(OC/C=C\C=Cc2cc(Cl)cc(Cl)c2)C=C1)OCC. The van der Waals surface area contributed by atoms with Gasteiger partial charge >= 0.3 is 5.97 Å². The molecule has 1 atom stereocenters. The van der Waals surface area contributed by atoms with Crippen LogP contribution in [0.1, 0.15) is 32.3 Å². The van der Waals surface area contributed by atoms with Crippen molar-refractivity contribution < 1.29 is 19.0 Å². The minimum atomic E-state index is -0.590.